The predicted octanol–water partition coefficient (Wildman–Crippen LogP) is 5.75. The van der Waals surface area contributed by atoms with Gasteiger partial charge in [0.1, 0.15) is 11.4 Å². The minimum atomic E-state index is -4.01. The van der Waals surface area contributed by atoms with Gasteiger partial charge in [0.25, 0.3) is 31.9 Å². The molecule has 6 aromatic rings. The first kappa shape index (κ1) is 49.8. The molecule has 0 saturated heterocycles. The summed E-state index contributed by atoms with van der Waals surface area (Å²) in [5, 5.41) is 67.6. The van der Waals surface area contributed by atoms with E-state index in [2.05, 4.69) is 40.5 Å². The Morgan fingerprint density at radius 1 is 0.462 bits per heavy atom. The molecule has 0 fully saturated rings. The molecule has 0 aliphatic rings. The number of hydrogen-bond acceptors (Lipinski definition) is 14. The topological polar surface area (TPSA) is 292 Å². The van der Waals surface area contributed by atoms with Crippen LogP contribution in [0.2, 0.25) is 0 Å². The van der Waals surface area contributed by atoms with E-state index in [0.717, 1.165) is 50.2 Å². The molecule has 0 radical (unpaired) electrons. The summed E-state index contributed by atoms with van der Waals surface area (Å²) >= 11 is 0. The largest absolute Gasteiger partial charge is 3.00 e. The summed E-state index contributed by atoms with van der Waals surface area (Å²) in [6.45, 7) is 2.25. The summed E-state index contributed by atoms with van der Waals surface area (Å²) in [5.74, 6) is -4.23. The summed E-state index contributed by atoms with van der Waals surface area (Å²) in [7, 11) is -8.02. The molecule has 0 atom stereocenters. The number of azo groups is 2. The number of para-hydroxylation sites is 4. The van der Waals surface area contributed by atoms with Gasteiger partial charge in [-0.1, -0.05) is 110 Å². The Balaban J connectivity index is 0.000000280. The number of anilines is 4. The summed E-state index contributed by atoms with van der Waals surface area (Å²) in [6.07, 6.45) is 0. The Bertz CT molecular complexity index is 2750. The van der Waals surface area contributed by atoms with Gasteiger partial charge in [0, 0.05) is 22.7 Å². The molecule has 0 bridgehead atoms. The average molecular weight is 960 g/mol. The number of sulfonamides is 2. The van der Waals surface area contributed by atoms with Crippen LogP contribution in [0.5, 0.6) is 11.5 Å². The maximum Gasteiger partial charge on any atom is 3.00 e. The first-order valence-corrected chi connectivity index (χ1v) is 21.6. The summed E-state index contributed by atoms with van der Waals surface area (Å²) in [6, 6.07) is 39.5. The number of rotatable bonds is 14. The minimum absolute atomic E-state index is 0. The summed E-state index contributed by atoms with van der Waals surface area (Å²) in [4.78, 5) is 24.3. The molecule has 0 aliphatic heterocycles. The number of allylic oxidation sites excluding steroid dienone is 2. The normalized spacial score (nSPS) is 12.1. The fraction of sp³-hybridized carbons (Fsp3) is 0.0455. The third-order valence-electron chi connectivity index (χ3n) is 8.21. The van der Waals surface area contributed by atoms with Crippen LogP contribution >= 0.6 is 0 Å². The predicted molar refractivity (Wildman–Crippen MR) is 231 cm³/mol. The number of hydrogen-bond donors (Lipinski definition) is 4. The standard InChI is InChI=1S/2C22H20N4O5S.Co/c2*1-15(27)21(22(29)23-16-8-4-2-5-9-16)25-24-19-14-18(12-13-20(19)28)32(30,31)26-17-10-6-3-7-11-17;/h2*2-14,26-28H,1H3,(H,23,29);/q;;+3/p-4. The van der Waals surface area contributed by atoms with Crippen LogP contribution < -0.4 is 40.5 Å². The number of benzene rings is 6. The Morgan fingerprint density at radius 2 is 0.754 bits per heavy atom. The van der Waals surface area contributed by atoms with E-state index in [1.165, 1.54) is 0 Å². The summed E-state index contributed by atoms with van der Waals surface area (Å²) in [5.41, 5.74) is -0.197. The third-order valence-corrected chi connectivity index (χ3v) is 11.0. The van der Waals surface area contributed by atoms with Crippen molar-refractivity contribution in [1.29, 1.82) is 0 Å². The molecular formula is C44H36CoN8O10S2-. The maximum atomic E-state index is 12.6. The molecule has 0 heterocycles. The molecule has 0 aliphatic carbocycles. The van der Waals surface area contributed by atoms with Gasteiger partial charge in [0.05, 0.1) is 21.2 Å². The minimum Gasteiger partial charge on any atom is -0.874 e. The first-order valence-electron chi connectivity index (χ1n) is 18.6. The molecule has 2 amide bonds. The van der Waals surface area contributed by atoms with E-state index in [4.69, 9.17) is 0 Å². The zero-order valence-corrected chi connectivity index (χ0v) is 36.7. The fourth-order valence-electron chi connectivity index (χ4n) is 5.11. The van der Waals surface area contributed by atoms with Crippen LogP contribution in [0.3, 0.4) is 0 Å². The van der Waals surface area contributed by atoms with Crippen molar-refractivity contribution in [1.82, 2.24) is 0 Å². The maximum absolute atomic E-state index is 12.6. The van der Waals surface area contributed by atoms with Crippen molar-refractivity contribution < 1.29 is 63.6 Å². The second-order valence-electron chi connectivity index (χ2n) is 13.1. The fourth-order valence-corrected chi connectivity index (χ4v) is 7.26. The van der Waals surface area contributed by atoms with Gasteiger partial charge in [-0.15, -0.1) is 21.7 Å². The van der Waals surface area contributed by atoms with E-state index in [9.17, 15) is 46.9 Å². The van der Waals surface area contributed by atoms with Crippen LogP contribution in [0.4, 0.5) is 34.1 Å². The van der Waals surface area contributed by atoms with Gasteiger partial charge in [0.2, 0.25) is 0 Å². The van der Waals surface area contributed by atoms with Crippen LogP contribution in [0, 0.1) is 0 Å². The average Bonchev–Trinajstić information content (AvgIpc) is 3.26. The number of carbonyl (C=O) groups is 2. The monoisotopic (exact) mass is 959 g/mol. The van der Waals surface area contributed by atoms with Crippen LogP contribution in [-0.2, 0) is 46.4 Å². The van der Waals surface area contributed by atoms with E-state index in [1.54, 1.807) is 121 Å². The van der Waals surface area contributed by atoms with Crippen molar-refractivity contribution >= 4 is 66.0 Å². The number of nitrogens with zero attached hydrogens (tertiary/aromatic N) is 4. The number of carbonyl (C=O) groups excluding carboxylic acids is 2. The summed E-state index contributed by atoms with van der Waals surface area (Å²) < 4.78 is 55.2. The molecule has 4 N–H and O–H groups in total. The van der Waals surface area contributed by atoms with Gasteiger partial charge >= 0.3 is 16.8 Å². The Kier molecular flexibility index (Phi) is 17.6. The van der Waals surface area contributed by atoms with Gasteiger partial charge in [-0.25, -0.2) is 16.8 Å². The second-order valence-corrected chi connectivity index (χ2v) is 16.4. The van der Waals surface area contributed by atoms with Crippen molar-refractivity contribution in [3.05, 3.63) is 181 Å². The van der Waals surface area contributed by atoms with Crippen molar-refractivity contribution in [3.8, 4) is 11.5 Å². The molecule has 18 nitrogen and oxygen atoms in total. The van der Waals surface area contributed by atoms with Gasteiger partial charge in [0.15, 0.2) is 0 Å². The van der Waals surface area contributed by atoms with Crippen LogP contribution in [0.25, 0.3) is 0 Å². The Labute approximate surface area is 384 Å². The zero-order valence-electron chi connectivity index (χ0n) is 34.0. The molecule has 334 valence electrons. The molecule has 0 spiro atoms. The molecule has 6 aromatic carbocycles. The van der Waals surface area contributed by atoms with E-state index in [1.807, 2.05) is 0 Å². The molecule has 65 heavy (non-hydrogen) atoms. The first-order chi connectivity index (χ1) is 30.5. The molecule has 0 unspecified atom stereocenters. The third kappa shape index (κ3) is 14.6. The van der Waals surface area contributed by atoms with E-state index in [-0.39, 0.29) is 37.9 Å². The van der Waals surface area contributed by atoms with Crippen molar-refractivity contribution in [3.63, 3.8) is 0 Å². The van der Waals surface area contributed by atoms with E-state index < -0.39 is 66.3 Å². The SMILES string of the molecule is CC([O-])=C(N=Nc1cc(S(=O)(=O)Nc2ccccc2)ccc1[O-])C(=O)Nc1ccccc1.CC([O-])=C(N=Nc1cc(S(=O)(=O)Nc2ccccc2)ccc1[O-])C(=O)Nc1ccccc1.[Co+3]. The molecule has 0 saturated carbocycles. The molecule has 21 heteroatoms. The molecular weight excluding hydrogens is 924 g/mol. The van der Waals surface area contributed by atoms with Gasteiger partial charge in [-0.05, 0) is 72.8 Å². The second kappa shape index (κ2) is 23.0. The Hall–Kier alpha value is -7.85. The van der Waals surface area contributed by atoms with Crippen LogP contribution in [-0.4, -0.2) is 28.6 Å². The smallest absolute Gasteiger partial charge is 0.874 e. The van der Waals surface area contributed by atoms with Gasteiger partial charge in [-0.3, -0.25) is 19.0 Å². The number of amides is 2. The van der Waals surface area contributed by atoms with Crippen LogP contribution in [0.1, 0.15) is 13.8 Å². The van der Waals surface area contributed by atoms with Crippen molar-refractivity contribution in [2.24, 2.45) is 20.5 Å². The number of nitrogens with one attached hydrogen (secondary N) is 4. The van der Waals surface area contributed by atoms with Gasteiger partial charge < -0.3 is 31.1 Å². The van der Waals surface area contributed by atoms with Crippen LogP contribution in [0.15, 0.2) is 211 Å². The molecule has 6 rings (SSSR count). The molecule has 0 aromatic heterocycles. The van der Waals surface area contributed by atoms with Gasteiger partial charge in [-0.2, -0.15) is 10.2 Å². The Morgan fingerprint density at radius 3 is 1.05 bits per heavy atom. The van der Waals surface area contributed by atoms with E-state index in [0.29, 0.717) is 22.7 Å². The van der Waals surface area contributed by atoms with E-state index >= 15 is 0 Å². The van der Waals surface area contributed by atoms with Crippen molar-refractivity contribution in [2.45, 2.75) is 23.6 Å². The van der Waals surface area contributed by atoms with Crippen molar-refractivity contribution in [2.75, 3.05) is 20.1 Å². The zero-order chi connectivity index (χ0) is 46.3. The quantitative estimate of drug-likeness (QED) is 0.0582.